The maximum absolute atomic E-state index is 12.6. The number of amides is 2. The number of carbonyl (C=O) groups excluding carboxylic acids is 2. The number of nitrogens with one attached hydrogen (secondary N) is 2. The topological polar surface area (TPSA) is 103 Å². The van der Waals surface area contributed by atoms with Gasteiger partial charge in [-0.2, -0.15) is 0 Å². The third kappa shape index (κ3) is 8.23. The Morgan fingerprint density at radius 1 is 1.16 bits per heavy atom. The molecule has 2 aliphatic rings. The van der Waals surface area contributed by atoms with Gasteiger partial charge in [0.05, 0.1) is 6.54 Å². The predicted octanol–water partition coefficient (Wildman–Crippen LogP) is 1.47. The van der Waals surface area contributed by atoms with Crippen LogP contribution in [0.5, 0.6) is 0 Å². The molecule has 0 aromatic heterocycles. The van der Waals surface area contributed by atoms with Crippen molar-refractivity contribution in [2.45, 2.75) is 51.6 Å². The minimum Gasteiger partial charge on any atom is -0.369 e. The number of piperidine rings is 1. The van der Waals surface area contributed by atoms with Gasteiger partial charge in [-0.3, -0.25) is 19.5 Å². The SMILES string of the molecule is CCNC(=NCCCC(=O)N1CCc2ccccc2C1)NC1CCN(CC(N)=O)CC1.I. The third-order valence-electron chi connectivity index (χ3n) is 5.95. The second kappa shape index (κ2) is 13.6. The second-order valence-electron chi connectivity index (χ2n) is 8.36. The first kappa shape index (κ1) is 26.4. The van der Waals surface area contributed by atoms with Crippen molar-refractivity contribution in [2.24, 2.45) is 10.7 Å². The number of hydrogen-bond donors (Lipinski definition) is 3. The van der Waals surface area contributed by atoms with Crippen molar-refractivity contribution >= 4 is 41.8 Å². The highest BCUT2D eigenvalue weighted by atomic mass is 127. The molecule has 0 spiro atoms. The van der Waals surface area contributed by atoms with Crippen LogP contribution in [0, 0.1) is 0 Å². The van der Waals surface area contributed by atoms with E-state index >= 15 is 0 Å². The first-order valence-corrected chi connectivity index (χ1v) is 11.4. The lowest BCUT2D eigenvalue weighted by molar-refractivity contribution is -0.132. The molecule has 0 saturated carbocycles. The lowest BCUT2D eigenvalue weighted by Gasteiger charge is -2.32. The van der Waals surface area contributed by atoms with Crippen molar-refractivity contribution in [2.75, 3.05) is 39.3 Å². The Morgan fingerprint density at radius 2 is 1.88 bits per heavy atom. The summed E-state index contributed by atoms with van der Waals surface area (Å²) in [5.41, 5.74) is 7.91. The van der Waals surface area contributed by atoms with E-state index in [9.17, 15) is 9.59 Å². The molecule has 178 valence electrons. The normalized spacial score (nSPS) is 17.3. The summed E-state index contributed by atoms with van der Waals surface area (Å²) in [7, 11) is 0. The van der Waals surface area contributed by atoms with E-state index in [4.69, 9.17) is 5.73 Å². The van der Waals surface area contributed by atoms with Crippen LogP contribution in [0.25, 0.3) is 0 Å². The average molecular weight is 556 g/mol. The molecule has 1 aromatic carbocycles. The number of aliphatic imine (C=N–C) groups is 1. The van der Waals surface area contributed by atoms with Crippen molar-refractivity contribution < 1.29 is 9.59 Å². The maximum Gasteiger partial charge on any atom is 0.231 e. The summed E-state index contributed by atoms with van der Waals surface area (Å²) >= 11 is 0. The molecule has 9 heteroatoms. The highest BCUT2D eigenvalue weighted by Gasteiger charge is 2.21. The molecule has 0 bridgehead atoms. The Balaban J connectivity index is 0.00000363. The zero-order valence-electron chi connectivity index (χ0n) is 19.0. The molecule has 2 heterocycles. The van der Waals surface area contributed by atoms with Crippen molar-refractivity contribution in [1.29, 1.82) is 0 Å². The number of hydrogen-bond acceptors (Lipinski definition) is 4. The van der Waals surface area contributed by atoms with Crippen LogP contribution in [0.15, 0.2) is 29.3 Å². The molecule has 0 radical (unpaired) electrons. The third-order valence-corrected chi connectivity index (χ3v) is 5.95. The number of likely N-dealkylation sites (tertiary alicyclic amines) is 1. The number of fused-ring (bicyclic) bond motifs is 1. The van der Waals surface area contributed by atoms with Crippen LogP contribution in [-0.2, 0) is 22.6 Å². The fourth-order valence-electron chi connectivity index (χ4n) is 4.26. The number of halogens is 1. The van der Waals surface area contributed by atoms with Crippen LogP contribution < -0.4 is 16.4 Å². The number of rotatable bonds is 8. The number of carbonyl (C=O) groups is 2. The highest BCUT2D eigenvalue weighted by molar-refractivity contribution is 14.0. The van der Waals surface area contributed by atoms with E-state index in [2.05, 4.69) is 38.7 Å². The summed E-state index contributed by atoms with van der Waals surface area (Å²) in [6.45, 7) is 7.02. The van der Waals surface area contributed by atoms with Gasteiger partial charge in [-0.15, -0.1) is 24.0 Å². The Labute approximate surface area is 208 Å². The zero-order valence-corrected chi connectivity index (χ0v) is 21.3. The van der Waals surface area contributed by atoms with Gasteiger partial charge in [-0.1, -0.05) is 24.3 Å². The first-order valence-electron chi connectivity index (χ1n) is 11.4. The number of nitrogens with zero attached hydrogens (tertiary/aromatic N) is 3. The quantitative estimate of drug-likeness (QED) is 0.195. The van der Waals surface area contributed by atoms with E-state index in [1.807, 2.05) is 17.9 Å². The summed E-state index contributed by atoms with van der Waals surface area (Å²) < 4.78 is 0. The van der Waals surface area contributed by atoms with E-state index in [0.717, 1.165) is 64.4 Å². The summed E-state index contributed by atoms with van der Waals surface area (Å²) in [6.07, 6.45) is 4.10. The van der Waals surface area contributed by atoms with Crippen LogP contribution in [0.2, 0.25) is 0 Å². The van der Waals surface area contributed by atoms with E-state index in [0.29, 0.717) is 25.6 Å². The van der Waals surface area contributed by atoms with Gasteiger partial charge in [-0.25, -0.2) is 0 Å². The van der Waals surface area contributed by atoms with Gasteiger partial charge in [0.25, 0.3) is 0 Å². The smallest absolute Gasteiger partial charge is 0.231 e. The maximum atomic E-state index is 12.6. The van der Waals surface area contributed by atoms with Crippen molar-refractivity contribution in [3.05, 3.63) is 35.4 Å². The molecule has 2 amide bonds. The average Bonchev–Trinajstić information content (AvgIpc) is 2.77. The molecule has 2 aliphatic heterocycles. The van der Waals surface area contributed by atoms with Crippen LogP contribution in [0.3, 0.4) is 0 Å². The summed E-state index contributed by atoms with van der Waals surface area (Å²) in [4.78, 5) is 32.4. The van der Waals surface area contributed by atoms with Gasteiger partial charge in [0.2, 0.25) is 11.8 Å². The van der Waals surface area contributed by atoms with Gasteiger partial charge < -0.3 is 21.3 Å². The number of primary amides is 1. The molecule has 32 heavy (non-hydrogen) atoms. The fraction of sp³-hybridized carbons (Fsp3) is 0.609. The largest absolute Gasteiger partial charge is 0.369 e. The Morgan fingerprint density at radius 3 is 2.56 bits per heavy atom. The first-order chi connectivity index (χ1) is 15.0. The molecule has 1 aromatic rings. The fourth-order valence-corrected chi connectivity index (χ4v) is 4.26. The predicted molar refractivity (Wildman–Crippen MR) is 138 cm³/mol. The highest BCUT2D eigenvalue weighted by Crippen LogP contribution is 2.19. The molecule has 3 rings (SSSR count). The zero-order chi connectivity index (χ0) is 22.1. The van der Waals surface area contributed by atoms with Gasteiger partial charge in [-0.05, 0) is 43.7 Å². The molecular weight excluding hydrogens is 519 g/mol. The Bertz CT molecular complexity index is 780. The van der Waals surface area contributed by atoms with Crippen molar-refractivity contribution in [3.8, 4) is 0 Å². The standard InChI is InChI=1S/C23H36N6O2.HI/c1-2-25-23(27-20-10-13-28(14-11-20)17-21(24)30)26-12-5-8-22(31)29-15-9-18-6-3-4-7-19(18)16-29;/h3-4,6-7,20H,2,5,8-17H2,1H3,(H2,24,30)(H2,25,26,27);1H. The molecule has 8 nitrogen and oxygen atoms in total. The minimum absolute atomic E-state index is 0. The number of benzene rings is 1. The summed E-state index contributed by atoms with van der Waals surface area (Å²) in [5.74, 6) is 0.740. The van der Waals surface area contributed by atoms with Gasteiger partial charge in [0.1, 0.15) is 0 Å². The summed E-state index contributed by atoms with van der Waals surface area (Å²) in [6, 6.07) is 8.71. The van der Waals surface area contributed by atoms with Gasteiger partial charge >= 0.3 is 0 Å². The van der Waals surface area contributed by atoms with E-state index < -0.39 is 0 Å². The Hall–Kier alpha value is -1.88. The van der Waals surface area contributed by atoms with E-state index in [1.54, 1.807) is 0 Å². The molecule has 0 unspecified atom stereocenters. The number of guanidine groups is 1. The Kier molecular flexibility index (Phi) is 11.2. The number of nitrogens with two attached hydrogens (primary N) is 1. The van der Waals surface area contributed by atoms with Crippen molar-refractivity contribution in [3.63, 3.8) is 0 Å². The van der Waals surface area contributed by atoms with Crippen LogP contribution in [0.1, 0.15) is 43.7 Å². The summed E-state index contributed by atoms with van der Waals surface area (Å²) in [5, 5.41) is 6.79. The molecular formula is C23H37IN6O2. The van der Waals surface area contributed by atoms with Crippen LogP contribution in [-0.4, -0.2) is 72.9 Å². The monoisotopic (exact) mass is 556 g/mol. The van der Waals surface area contributed by atoms with Crippen LogP contribution >= 0.6 is 24.0 Å². The molecule has 0 atom stereocenters. The molecule has 1 saturated heterocycles. The minimum atomic E-state index is -0.274. The van der Waals surface area contributed by atoms with Crippen LogP contribution in [0.4, 0.5) is 0 Å². The van der Waals surface area contributed by atoms with Gasteiger partial charge in [0.15, 0.2) is 5.96 Å². The van der Waals surface area contributed by atoms with E-state index in [-0.39, 0.29) is 35.8 Å². The lowest BCUT2D eigenvalue weighted by atomic mass is 9.99. The lowest BCUT2D eigenvalue weighted by Crippen LogP contribution is -2.49. The van der Waals surface area contributed by atoms with Gasteiger partial charge in [0, 0.05) is 51.7 Å². The second-order valence-corrected chi connectivity index (χ2v) is 8.36. The molecule has 0 aliphatic carbocycles. The molecule has 1 fully saturated rings. The van der Waals surface area contributed by atoms with E-state index in [1.165, 1.54) is 11.1 Å². The molecule has 4 N–H and O–H groups in total. The van der Waals surface area contributed by atoms with Crippen molar-refractivity contribution in [1.82, 2.24) is 20.4 Å².